The zero-order chi connectivity index (χ0) is 22.4. The van der Waals surface area contributed by atoms with Gasteiger partial charge < -0.3 is 24.6 Å². The number of piperidine rings is 1. The van der Waals surface area contributed by atoms with E-state index in [1.807, 2.05) is 50.9 Å². The van der Waals surface area contributed by atoms with Crippen LogP contribution in [0.5, 0.6) is 5.75 Å². The van der Waals surface area contributed by atoms with Crippen LogP contribution in [0.25, 0.3) is 0 Å². The number of nitrogens with one attached hydrogen (secondary N) is 1. The van der Waals surface area contributed by atoms with E-state index < -0.39 is 5.60 Å². The normalized spacial score (nSPS) is 18.0. The first-order chi connectivity index (χ1) is 14.8. The van der Waals surface area contributed by atoms with Gasteiger partial charge in [0.1, 0.15) is 11.4 Å². The summed E-state index contributed by atoms with van der Waals surface area (Å²) >= 11 is 0. The Kier molecular flexibility index (Phi) is 7.68. The lowest BCUT2D eigenvalue weighted by Gasteiger charge is -2.40. The van der Waals surface area contributed by atoms with Gasteiger partial charge in [-0.2, -0.15) is 0 Å². The smallest absolute Gasteiger partial charge is 0.410 e. The molecule has 2 fully saturated rings. The molecule has 31 heavy (non-hydrogen) atoms. The average molecular weight is 431 g/mol. The highest BCUT2D eigenvalue weighted by Crippen LogP contribution is 2.32. The molecule has 1 aromatic rings. The number of likely N-dealkylation sites (tertiary alicyclic amines) is 1. The van der Waals surface area contributed by atoms with E-state index in [9.17, 15) is 4.79 Å². The van der Waals surface area contributed by atoms with E-state index in [0.29, 0.717) is 12.5 Å². The van der Waals surface area contributed by atoms with Crippen molar-refractivity contribution in [1.29, 1.82) is 0 Å². The largest absolute Gasteiger partial charge is 0.497 e. The van der Waals surface area contributed by atoms with Gasteiger partial charge >= 0.3 is 6.09 Å². The minimum absolute atomic E-state index is 0.168. The summed E-state index contributed by atoms with van der Waals surface area (Å²) in [6.45, 7) is 9.04. The predicted molar refractivity (Wildman–Crippen MR) is 123 cm³/mol. The molecule has 1 aromatic carbocycles. The second-order valence-electron chi connectivity index (χ2n) is 9.55. The number of methoxy groups -OCH3 is 1. The number of nitrogens with zero attached hydrogens (tertiary/aromatic N) is 3. The van der Waals surface area contributed by atoms with Gasteiger partial charge in [-0.1, -0.05) is 12.1 Å². The molecule has 0 unspecified atom stereocenters. The second kappa shape index (κ2) is 10.2. The molecule has 0 bridgehead atoms. The van der Waals surface area contributed by atoms with E-state index in [1.54, 1.807) is 7.11 Å². The van der Waals surface area contributed by atoms with E-state index in [1.165, 1.54) is 12.8 Å². The number of rotatable bonds is 6. The van der Waals surface area contributed by atoms with Crippen molar-refractivity contribution < 1.29 is 14.3 Å². The van der Waals surface area contributed by atoms with Gasteiger partial charge in [-0.05, 0) is 70.1 Å². The number of guanidine groups is 1. The average Bonchev–Trinajstić information content (AvgIpc) is 3.56. The molecule has 1 amide bonds. The van der Waals surface area contributed by atoms with E-state index >= 15 is 0 Å². The van der Waals surface area contributed by atoms with Crippen LogP contribution >= 0.6 is 0 Å². The van der Waals surface area contributed by atoms with E-state index in [-0.39, 0.29) is 12.1 Å². The Labute approximate surface area is 186 Å². The van der Waals surface area contributed by atoms with Crippen LogP contribution < -0.4 is 10.1 Å². The lowest BCUT2D eigenvalue weighted by molar-refractivity contribution is 0.00928. The van der Waals surface area contributed by atoms with Gasteiger partial charge in [0.2, 0.25) is 0 Å². The van der Waals surface area contributed by atoms with Crippen LogP contribution in [-0.4, -0.2) is 67.3 Å². The molecule has 1 aliphatic carbocycles. The molecule has 1 saturated heterocycles. The number of carbonyl (C=O) groups is 1. The fourth-order valence-corrected chi connectivity index (χ4v) is 3.96. The van der Waals surface area contributed by atoms with Crippen molar-refractivity contribution in [3.63, 3.8) is 0 Å². The maximum Gasteiger partial charge on any atom is 0.410 e. The van der Waals surface area contributed by atoms with Gasteiger partial charge in [-0.25, -0.2) is 4.79 Å². The molecule has 0 aromatic heterocycles. The van der Waals surface area contributed by atoms with Crippen molar-refractivity contribution >= 4 is 12.1 Å². The number of benzene rings is 1. The topological polar surface area (TPSA) is 66.4 Å². The summed E-state index contributed by atoms with van der Waals surface area (Å²) < 4.78 is 11.0. The molecule has 0 atom stereocenters. The number of aliphatic imine (C=N–C) groups is 1. The Morgan fingerprint density at radius 3 is 2.52 bits per heavy atom. The highest BCUT2D eigenvalue weighted by atomic mass is 16.6. The molecule has 1 N–H and O–H groups in total. The molecule has 1 saturated carbocycles. The van der Waals surface area contributed by atoms with Crippen LogP contribution in [0.3, 0.4) is 0 Å². The third-order valence-corrected chi connectivity index (χ3v) is 5.78. The van der Waals surface area contributed by atoms with Gasteiger partial charge in [-0.15, -0.1) is 0 Å². The summed E-state index contributed by atoms with van der Waals surface area (Å²) in [6, 6.07) is 8.27. The monoisotopic (exact) mass is 430 g/mol. The van der Waals surface area contributed by atoms with Crippen molar-refractivity contribution in [1.82, 2.24) is 15.1 Å². The molecule has 7 nitrogen and oxygen atoms in total. The van der Waals surface area contributed by atoms with E-state index in [2.05, 4.69) is 21.3 Å². The Morgan fingerprint density at radius 2 is 1.94 bits per heavy atom. The molecule has 1 aliphatic heterocycles. The first kappa shape index (κ1) is 23.2. The predicted octanol–water partition coefficient (Wildman–Crippen LogP) is 3.88. The molecular formula is C24H38N4O3. The number of carbonyl (C=O) groups excluding carboxylic acids is 1. The zero-order valence-electron chi connectivity index (χ0n) is 19.7. The van der Waals surface area contributed by atoms with Crippen LogP contribution in [0, 0.1) is 5.92 Å². The van der Waals surface area contributed by atoms with Crippen molar-refractivity contribution in [2.75, 3.05) is 33.8 Å². The van der Waals surface area contributed by atoms with Crippen molar-refractivity contribution in [2.24, 2.45) is 10.9 Å². The van der Waals surface area contributed by atoms with Crippen LogP contribution in [0.2, 0.25) is 0 Å². The third-order valence-electron chi connectivity index (χ3n) is 5.78. The summed E-state index contributed by atoms with van der Waals surface area (Å²) in [7, 11) is 3.50. The van der Waals surface area contributed by atoms with Crippen LogP contribution in [0.1, 0.15) is 52.0 Å². The van der Waals surface area contributed by atoms with E-state index in [4.69, 9.17) is 9.47 Å². The Balaban J connectivity index is 1.54. The van der Waals surface area contributed by atoms with Gasteiger partial charge in [0.25, 0.3) is 0 Å². The second-order valence-corrected chi connectivity index (χ2v) is 9.55. The Hall–Kier alpha value is -2.44. The Morgan fingerprint density at radius 1 is 1.23 bits per heavy atom. The quantitative estimate of drug-likeness (QED) is 0.548. The van der Waals surface area contributed by atoms with Crippen molar-refractivity contribution in [3.8, 4) is 5.75 Å². The molecule has 1 heterocycles. The van der Waals surface area contributed by atoms with Gasteiger partial charge in [0, 0.05) is 39.3 Å². The lowest BCUT2D eigenvalue weighted by atomic mass is 10.0. The molecule has 0 spiro atoms. The van der Waals surface area contributed by atoms with Crippen LogP contribution in [0.15, 0.2) is 29.3 Å². The highest BCUT2D eigenvalue weighted by Gasteiger charge is 2.35. The van der Waals surface area contributed by atoms with E-state index in [0.717, 1.165) is 49.7 Å². The molecule has 0 radical (unpaired) electrons. The van der Waals surface area contributed by atoms with Crippen LogP contribution in [-0.2, 0) is 11.3 Å². The van der Waals surface area contributed by atoms with Crippen molar-refractivity contribution in [3.05, 3.63) is 29.8 Å². The summed E-state index contributed by atoms with van der Waals surface area (Å²) in [6.07, 6.45) is 4.12. The van der Waals surface area contributed by atoms with Crippen LogP contribution in [0.4, 0.5) is 4.79 Å². The summed E-state index contributed by atoms with van der Waals surface area (Å²) in [5, 5.41) is 3.46. The fraction of sp³-hybridized carbons (Fsp3) is 0.667. The first-order valence-corrected chi connectivity index (χ1v) is 11.4. The highest BCUT2D eigenvalue weighted by molar-refractivity contribution is 5.80. The lowest BCUT2D eigenvalue weighted by Crippen LogP contribution is -2.52. The third kappa shape index (κ3) is 7.04. The minimum Gasteiger partial charge on any atom is -0.497 e. The molecular weight excluding hydrogens is 392 g/mol. The maximum atomic E-state index is 12.8. The fourth-order valence-electron chi connectivity index (χ4n) is 3.96. The van der Waals surface area contributed by atoms with Crippen molar-refractivity contribution in [2.45, 2.75) is 64.6 Å². The minimum atomic E-state index is -0.467. The van der Waals surface area contributed by atoms with Gasteiger partial charge in [0.05, 0.1) is 7.11 Å². The number of hydrogen-bond acceptors (Lipinski definition) is 4. The molecule has 7 heteroatoms. The number of hydrogen-bond donors (Lipinski definition) is 1. The number of ether oxygens (including phenoxy) is 2. The molecule has 172 valence electrons. The zero-order valence-corrected chi connectivity index (χ0v) is 19.7. The number of amides is 1. The van der Waals surface area contributed by atoms with Gasteiger partial charge in [-0.3, -0.25) is 4.99 Å². The molecule has 2 aliphatic rings. The molecule has 3 rings (SSSR count). The summed E-state index contributed by atoms with van der Waals surface area (Å²) in [4.78, 5) is 21.6. The maximum absolute atomic E-state index is 12.8. The first-order valence-electron chi connectivity index (χ1n) is 11.4. The van der Waals surface area contributed by atoms with Gasteiger partial charge in [0.15, 0.2) is 5.96 Å². The summed E-state index contributed by atoms with van der Waals surface area (Å²) in [5.74, 6) is 2.39. The summed E-state index contributed by atoms with van der Waals surface area (Å²) in [5.41, 5.74) is 0.682. The SMILES string of the molecule is CN=C(NCc1cccc(OC)c1)N1CCC(N(CC2CC2)C(=O)OC(C)(C)C)CC1. The Bertz CT molecular complexity index is 762. The standard InChI is InChI=1S/C24H38N4O3/c1-24(2,3)31-23(29)28(17-18-9-10-18)20-11-13-27(14-12-20)22(25-4)26-16-19-7-6-8-21(15-19)30-5/h6-8,15,18,20H,9-14,16-17H2,1-5H3,(H,25,26).